The van der Waals surface area contributed by atoms with Gasteiger partial charge in [-0.3, -0.25) is 4.79 Å². The molecule has 1 aromatic heterocycles. The first-order valence-corrected chi connectivity index (χ1v) is 12.5. The Hall–Kier alpha value is -3.46. The SMILES string of the molecule is CCOC(=O)C(CC(Cc1ccc(-c2cc(Cl)ccc2F)cc1)NC(=O)OC(C)(C)C)Cn1nccn1. The molecule has 1 heterocycles. The first-order valence-electron chi connectivity index (χ1n) is 12.1. The molecule has 198 valence electrons. The van der Waals surface area contributed by atoms with E-state index < -0.39 is 29.6 Å². The summed E-state index contributed by atoms with van der Waals surface area (Å²) in [4.78, 5) is 26.8. The molecule has 0 radical (unpaired) electrons. The van der Waals surface area contributed by atoms with E-state index in [0.29, 0.717) is 22.6 Å². The maximum absolute atomic E-state index is 14.3. The van der Waals surface area contributed by atoms with Crippen molar-refractivity contribution in [2.45, 2.75) is 58.7 Å². The number of aromatic nitrogens is 3. The van der Waals surface area contributed by atoms with Gasteiger partial charge in [-0.2, -0.15) is 15.0 Å². The third-order valence-electron chi connectivity index (χ3n) is 5.44. The van der Waals surface area contributed by atoms with Gasteiger partial charge in [-0.15, -0.1) is 0 Å². The van der Waals surface area contributed by atoms with Gasteiger partial charge >= 0.3 is 12.1 Å². The quantitative estimate of drug-likeness (QED) is 0.350. The Bertz CT molecular complexity index is 1180. The molecule has 10 heteroatoms. The summed E-state index contributed by atoms with van der Waals surface area (Å²) in [7, 11) is 0. The van der Waals surface area contributed by atoms with Gasteiger partial charge in [0.25, 0.3) is 0 Å². The molecule has 0 saturated carbocycles. The molecule has 0 saturated heterocycles. The van der Waals surface area contributed by atoms with Gasteiger partial charge in [0.15, 0.2) is 0 Å². The number of benzene rings is 2. The Labute approximate surface area is 221 Å². The molecule has 2 aromatic carbocycles. The van der Waals surface area contributed by atoms with E-state index in [2.05, 4.69) is 15.5 Å². The molecule has 8 nitrogen and oxygen atoms in total. The lowest BCUT2D eigenvalue weighted by Crippen LogP contribution is -2.42. The van der Waals surface area contributed by atoms with E-state index in [1.54, 1.807) is 45.9 Å². The Kier molecular flexibility index (Phi) is 9.63. The van der Waals surface area contributed by atoms with Crippen molar-refractivity contribution in [2.75, 3.05) is 6.61 Å². The van der Waals surface area contributed by atoms with Crippen molar-refractivity contribution in [3.63, 3.8) is 0 Å². The van der Waals surface area contributed by atoms with Crippen molar-refractivity contribution in [1.82, 2.24) is 20.3 Å². The van der Waals surface area contributed by atoms with Crippen LogP contribution in [0.2, 0.25) is 5.02 Å². The van der Waals surface area contributed by atoms with Gasteiger partial charge in [0, 0.05) is 16.6 Å². The first kappa shape index (κ1) is 28.1. The van der Waals surface area contributed by atoms with E-state index in [0.717, 1.165) is 5.56 Å². The molecule has 2 atom stereocenters. The van der Waals surface area contributed by atoms with Crippen LogP contribution >= 0.6 is 11.6 Å². The second-order valence-electron chi connectivity index (χ2n) is 9.64. The standard InChI is InChI=1S/C27H32ClFN4O4/c1-5-36-25(34)20(17-33-30-12-13-31-33)15-22(32-26(35)37-27(2,3)4)14-18-6-8-19(9-7-18)23-16-21(28)10-11-24(23)29/h6-13,16,20,22H,5,14-15,17H2,1-4H3,(H,32,35). The van der Waals surface area contributed by atoms with E-state index in [4.69, 9.17) is 21.1 Å². The number of carbonyl (C=O) groups excluding carboxylic acids is 2. The van der Waals surface area contributed by atoms with Crippen LogP contribution in [0.1, 0.15) is 39.7 Å². The van der Waals surface area contributed by atoms with Crippen molar-refractivity contribution >= 4 is 23.7 Å². The molecular formula is C27H32ClFN4O4. The molecule has 1 amide bonds. The Morgan fingerprint density at radius 3 is 2.41 bits per heavy atom. The van der Waals surface area contributed by atoms with E-state index in [9.17, 15) is 14.0 Å². The highest BCUT2D eigenvalue weighted by molar-refractivity contribution is 6.30. The summed E-state index contributed by atoms with van der Waals surface area (Å²) >= 11 is 6.04. The molecule has 0 fully saturated rings. The zero-order valence-corrected chi connectivity index (χ0v) is 22.2. The van der Waals surface area contributed by atoms with Crippen LogP contribution < -0.4 is 5.32 Å². The molecule has 1 N–H and O–H groups in total. The zero-order valence-electron chi connectivity index (χ0n) is 21.4. The molecule has 2 unspecified atom stereocenters. The Balaban J connectivity index is 1.82. The zero-order chi connectivity index (χ0) is 27.0. The van der Waals surface area contributed by atoms with Crippen molar-refractivity contribution in [3.05, 3.63) is 71.3 Å². The Morgan fingerprint density at radius 2 is 1.78 bits per heavy atom. The summed E-state index contributed by atoms with van der Waals surface area (Å²) in [5.41, 5.74) is 1.27. The van der Waals surface area contributed by atoms with Crippen molar-refractivity contribution in [2.24, 2.45) is 5.92 Å². The van der Waals surface area contributed by atoms with Crippen LogP contribution in [0.25, 0.3) is 11.1 Å². The minimum absolute atomic E-state index is 0.200. The third kappa shape index (κ3) is 8.86. The van der Waals surface area contributed by atoms with Crippen molar-refractivity contribution in [1.29, 1.82) is 0 Å². The number of nitrogens with zero attached hydrogens (tertiary/aromatic N) is 3. The lowest BCUT2D eigenvalue weighted by Gasteiger charge is -2.26. The molecule has 0 aliphatic carbocycles. The van der Waals surface area contributed by atoms with E-state index in [1.807, 2.05) is 12.1 Å². The lowest BCUT2D eigenvalue weighted by molar-refractivity contribution is -0.149. The summed E-state index contributed by atoms with van der Waals surface area (Å²) in [6, 6.07) is 11.2. The van der Waals surface area contributed by atoms with Gasteiger partial charge in [0.05, 0.1) is 31.5 Å². The number of hydrogen-bond donors (Lipinski definition) is 1. The second kappa shape index (κ2) is 12.7. The van der Waals surface area contributed by atoms with Crippen molar-refractivity contribution < 1.29 is 23.5 Å². The van der Waals surface area contributed by atoms with Crippen molar-refractivity contribution in [3.8, 4) is 11.1 Å². The van der Waals surface area contributed by atoms with Crippen LogP contribution in [0.4, 0.5) is 9.18 Å². The molecule has 0 aliphatic heterocycles. The average Bonchev–Trinajstić information content (AvgIpc) is 3.33. The maximum Gasteiger partial charge on any atom is 0.407 e. The highest BCUT2D eigenvalue weighted by Crippen LogP contribution is 2.27. The fourth-order valence-electron chi connectivity index (χ4n) is 3.87. The number of alkyl carbamates (subject to hydrolysis) is 1. The largest absolute Gasteiger partial charge is 0.466 e. The highest BCUT2D eigenvalue weighted by Gasteiger charge is 2.28. The van der Waals surface area contributed by atoms with Gasteiger partial charge in [-0.1, -0.05) is 35.9 Å². The number of hydrogen-bond acceptors (Lipinski definition) is 6. The topological polar surface area (TPSA) is 95.3 Å². The Morgan fingerprint density at radius 1 is 1.11 bits per heavy atom. The maximum atomic E-state index is 14.3. The van der Waals surface area contributed by atoms with Gasteiger partial charge in [-0.05, 0) is 69.9 Å². The number of rotatable bonds is 10. The monoisotopic (exact) mass is 530 g/mol. The minimum Gasteiger partial charge on any atom is -0.466 e. The molecule has 0 bridgehead atoms. The van der Waals surface area contributed by atoms with E-state index >= 15 is 0 Å². The molecule has 3 aromatic rings. The summed E-state index contributed by atoms with van der Waals surface area (Å²) in [6.45, 7) is 7.50. The number of amides is 1. The third-order valence-corrected chi connectivity index (χ3v) is 5.67. The summed E-state index contributed by atoms with van der Waals surface area (Å²) < 4.78 is 25.0. The summed E-state index contributed by atoms with van der Waals surface area (Å²) in [6.07, 6.45) is 3.14. The predicted molar refractivity (Wildman–Crippen MR) is 138 cm³/mol. The van der Waals surface area contributed by atoms with Gasteiger partial charge in [0.2, 0.25) is 0 Å². The summed E-state index contributed by atoms with van der Waals surface area (Å²) in [5.74, 6) is -1.37. The molecule has 37 heavy (non-hydrogen) atoms. The van der Waals surface area contributed by atoms with Crippen LogP contribution in [0.3, 0.4) is 0 Å². The molecular weight excluding hydrogens is 499 g/mol. The number of carbonyl (C=O) groups is 2. The van der Waals surface area contributed by atoms with Crippen LogP contribution in [-0.2, 0) is 27.2 Å². The van der Waals surface area contributed by atoms with Crippen LogP contribution in [0.15, 0.2) is 54.9 Å². The van der Waals surface area contributed by atoms with Crippen LogP contribution in [-0.4, -0.2) is 45.3 Å². The smallest absolute Gasteiger partial charge is 0.407 e. The minimum atomic E-state index is -0.684. The highest BCUT2D eigenvalue weighted by atomic mass is 35.5. The first-order chi connectivity index (χ1) is 17.5. The van der Waals surface area contributed by atoms with Crippen LogP contribution in [0, 0.1) is 11.7 Å². The normalized spacial score (nSPS) is 13.0. The number of halogens is 2. The van der Waals surface area contributed by atoms with Crippen LogP contribution in [0.5, 0.6) is 0 Å². The summed E-state index contributed by atoms with van der Waals surface area (Å²) in [5, 5.41) is 11.5. The second-order valence-corrected chi connectivity index (χ2v) is 10.1. The number of esters is 1. The van der Waals surface area contributed by atoms with E-state index in [-0.39, 0.29) is 25.4 Å². The molecule has 3 rings (SSSR count). The van der Waals surface area contributed by atoms with Gasteiger partial charge in [0.1, 0.15) is 11.4 Å². The lowest BCUT2D eigenvalue weighted by atomic mass is 9.94. The van der Waals surface area contributed by atoms with Gasteiger partial charge in [-0.25, -0.2) is 9.18 Å². The molecule has 0 aliphatic rings. The van der Waals surface area contributed by atoms with E-state index in [1.165, 1.54) is 29.3 Å². The predicted octanol–water partition coefficient (Wildman–Crippen LogP) is 5.44. The molecule has 0 spiro atoms. The average molecular weight is 531 g/mol. The number of ether oxygens (including phenoxy) is 2. The fraction of sp³-hybridized carbons (Fsp3) is 0.407. The fourth-order valence-corrected chi connectivity index (χ4v) is 4.05. The van der Waals surface area contributed by atoms with Gasteiger partial charge < -0.3 is 14.8 Å². The number of nitrogens with one attached hydrogen (secondary N) is 1.